The molecule has 2 rings (SSSR count). The molecule has 0 amide bonds. The number of aromatic nitrogens is 1. The predicted octanol–water partition coefficient (Wildman–Crippen LogP) is 3.86. The van der Waals surface area contributed by atoms with E-state index in [0.717, 1.165) is 42.5 Å². The van der Waals surface area contributed by atoms with Crippen LogP contribution < -0.4 is 10.2 Å². The van der Waals surface area contributed by atoms with E-state index in [-0.39, 0.29) is 0 Å². The van der Waals surface area contributed by atoms with E-state index in [2.05, 4.69) is 42.0 Å². The van der Waals surface area contributed by atoms with Crippen LogP contribution in [0.25, 0.3) is 0 Å². The van der Waals surface area contributed by atoms with Gasteiger partial charge >= 0.3 is 0 Å². The molecule has 1 aromatic heterocycles. The maximum absolute atomic E-state index is 6.44. The highest BCUT2D eigenvalue weighted by atomic mass is 35.5. The molecular weight excluding hydrogens is 270 g/mol. The third-order valence-corrected chi connectivity index (χ3v) is 3.76. The maximum Gasteiger partial charge on any atom is 0.147 e. The Bertz CT molecular complexity index is 430. The highest BCUT2D eigenvalue weighted by molar-refractivity contribution is 6.33. The number of halogens is 1. The first-order valence-corrected chi connectivity index (χ1v) is 8.11. The average Bonchev–Trinajstić information content (AvgIpc) is 3.21. The number of rotatable bonds is 8. The van der Waals surface area contributed by atoms with Gasteiger partial charge in [0.05, 0.1) is 5.02 Å². The van der Waals surface area contributed by atoms with Crippen LogP contribution in [0.3, 0.4) is 0 Å². The van der Waals surface area contributed by atoms with Gasteiger partial charge in [-0.3, -0.25) is 0 Å². The van der Waals surface area contributed by atoms with Gasteiger partial charge in [0.25, 0.3) is 0 Å². The summed E-state index contributed by atoms with van der Waals surface area (Å²) < 4.78 is 0. The van der Waals surface area contributed by atoms with Gasteiger partial charge < -0.3 is 10.2 Å². The van der Waals surface area contributed by atoms with Gasteiger partial charge in [0.1, 0.15) is 5.82 Å². The molecule has 0 atom stereocenters. The normalized spacial score (nSPS) is 14.8. The van der Waals surface area contributed by atoms with Crippen LogP contribution in [0.1, 0.15) is 45.6 Å². The standard InChI is InChI=1S/C16H26ClN3/c1-4-7-20(14-5-6-14)16-15(17)8-13(11-19-16)10-18-9-12(2)3/h8,11-12,14,18H,4-7,9-10H2,1-3H3. The molecule has 20 heavy (non-hydrogen) atoms. The Morgan fingerprint density at radius 2 is 2.20 bits per heavy atom. The Kier molecular flexibility index (Phi) is 5.67. The van der Waals surface area contributed by atoms with Crippen LogP contribution in [0.5, 0.6) is 0 Å². The van der Waals surface area contributed by atoms with Crippen molar-refractivity contribution in [2.24, 2.45) is 5.92 Å². The third-order valence-electron chi connectivity index (χ3n) is 3.48. The summed E-state index contributed by atoms with van der Waals surface area (Å²) in [5, 5.41) is 4.21. The lowest BCUT2D eigenvalue weighted by molar-refractivity contribution is 0.552. The van der Waals surface area contributed by atoms with E-state index >= 15 is 0 Å². The van der Waals surface area contributed by atoms with Gasteiger partial charge in [-0.15, -0.1) is 0 Å². The van der Waals surface area contributed by atoms with Gasteiger partial charge in [0.15, 0.2) is 0 Å². The van der Waals surface area contributed by atoms with Crippen molar-refractivity contribution in [3.8, 4) is 0 Å². The molecule has 0 aromatic carbocycles. The molecule has 1 N–H and O–H groups in total. The molecule has 1 aliphatic carbocycles. The van der Waals surface area contributed by atoms with Crippen LogP contribution in [0.4, 0.5) is 5.82 Å². The van der Waals surface area contributed by atoms with Crippen LogP contribution in [-0.4, -0.2) is 24.1 Å². The van der Waals surface area contributed by atoms with Crippen molar-refractivity contribution in [1.29, 1.82) is 0 Å². The Morgan fingerprint density at radius 3 is 2.75 bits per heavy atom. The Morgan fingerprint density at radius 1 is 1.45 bits per heavy atom. The summed E-state index contributed by atoms with van der Waals surface area (Å²) in [5.74, 6) is 1.62. The van der Waals surface area contributed by atoms with Crippen molar-refractivity contribution in [2.75, 3.05) is 18.0 Å². The maximum atomic E-state index is 6.44. The first kappa shape index (κ1) is 15.6. The molecule has 0 aliphatic heterocycles. The smallest absolute Gasteiger partial charge is 0.147 e. The molecular formula is C16H26ClN3. The molecule has 0 saturated heterocycles. The second kappa shape index (κ2) is 7.28. The van der Waals surface area contributed by atoms with Crippen molar-refractivity contribution in [3.63, 3.8) is 0 Å². The number of anilines is 1. The zero-order valence-electron chi connectivity index (χ0n) is 12.8. The van der Waals surface area contributed by atoms with Crippen LogP contribution in [0, 0.1) is 5.92 Å². The summed E-state index contributed by atoms with van der Waals surface area (Å²) in [7, 11) is 0. The highest BCUT2D eigenvalue weighted by Crippen LogP contribution is 2.34. The zero-order valence-corrected chi connectivity index (χ0v) is 13.6. The van der Waals surface area contributed by atoms with Crippen molar-refractivity contribution < 1.29 is 0 Å². The lowest BCUT2D eigenvalue weighted by Crippen LogP contribution is -2.27. The number of nitrogens with zero attached hydrogens (tertiary/aromatic N) is 2. The van der Waals surface area contributed by atoms with E-state index in [9.17, 15) is 0 Å². The first-order chi connectivity index (χ1) is 9.61. The fourth-order valence-electron chi connectivity index (χ4n) is 2.37. The lowest BCUT2D eigenvalue weighted by Gasteiger charge is -2.24. The highest BCUT2D eigenvalue weighted by Gasteiger charge is 2.30. The number of hydrogen-bond acceptors (Lipinski definition) is 3. The van der Waals surface area contributed by atoms with E-state index in [4.69, 9.17) is 11.6 Å². The summed E-state index contributed by atoms with van der Waals surface area (Å²) in [6, 6.07) is 2.72. The minimum Gasteiger partial charge on any atom is -0.352 e. The molecule has 0 bridgehead atoms. The predicted molar refractivity (Wildman–Crippen MR) is 86.5 cm³/mol. The molecule has 1 saturated carbocycles. The largest absolute Gasteiger partial charge is 0.352 e. The summed E-state index contributed by atoms with van der Waals surface area (Å²) in [5.41, 5.74) is 1.16. The van der Waals surface area contributed by atoms with Crippen LogP contribution in [-0.2, 0) is 6.54 Å². The number of pyridine rings is 1. The summed E-state index contributed by atoms with van der Waals surface area (Å²) in [6.45, 7) is 9.51. The topological polar surface area (TPSA) is 28.2 Å². The van der Waals surface area contributed by atoms with E-state index in [1.807, 2.05) is 6.20 Å². The molecule has 1 aliphatic rings. The van der Waals surface area contributed by atoms with Crippen LogP contribution >= 0.6 is 11.6 Å². The minimum absolute atomic E-state index is 0.657. The monoisotopic (exact) mass is 295 g/mol. The lowest BCUT2D eigenvalue weighted by atomic mass is 10.2. The second-order valence-electron chi connectivity index (χ2n) is 6.10. The van der Waals surface area contributed by atoms with Gasteiger partial charge in [-0.05, 0) is 43.4 Å². The summed E-state index contributed by atoms with van der Waals surface area (Å²) in [4.78, 5) is 6.98. The van der Waals surface area contributed by atoms with E-state index in [1.165, 1.54) is 12.8 Å². The number of nitrogens with one attached hydrogen (secondary N) is 1. The SMILES string of the molecule is CCCN(c1ncc(CNCC(C)C)cc1Cl)C1CC1. The molecule has 0 radical (unpaired) electrons. The molecule has 112 valence electrons. The van der Waals surface area contributed by atoms with Crippen molar-refractivity contribution in [1.82, 2.24) is 10.3 Å². The van der Waals surface area contributed by atoms with Gasteiger partial charge in [0, 0.05) is 25.3 Å². The molecule has 4 heteroatoms. The molecule has 1 aromatic rings. The average molecular weight is 296 g/mol. The quantitative estimate of drug-likeness (QED) is 0.789. The van der Waals surface area contributed by atoms with Crippen LogP contribution in [0.15, 0.2) is 12.3 Å². The second-order valence-corrected chi connectivity index (χ2v) is 6.51. The van der Waals surface area contributed by atoms with E-state index < -0.39 is 0 Å². The molecule has 0 spiro atoms. The molecule has 1 heterocycles. The Hall–Kier alpha value is -0.800. The van der Waals surface area contributed by atoms with Crippen molar-refractivity contribution in [2.45, 2.75) is 52.6 Å². The molecule has 0 unspecified atom stereocenters. The zero-order chi connectivity index (χ0) is 14.5. The molecule has 1 fully saturated rings. The Balaban J connectivity index is 2.00. The van der Waals surface area contributed by atoms with Gasteiger partial charge in [-0.2, -0.15) is 0 Å². The van der Waals surface area contributed by atoms with E-state index in [1.54, 1.807) is 0 Å². The van der Waals surface area contributed by atoms with Crippen molar-refractivity contribution in [3.05, 3.63) is 22.8 Å². The van der Waals surface area contributed by atoms with Crippen molar-refractivity contribution >= 4 is 17.4 Å². The van der Waals surface area contributed by atoms with Gasteiger partial charge in [0.2, 0.25) is 0 Å². The van der Waals surface area contributed by atoms with Gasteiger partial charge in [-0.25, -0.2) is 4.98 Å². The Labute approximate surface area is 127 Å². The van der Waals surface area contributed by atoms with Gasteiger partial charge in [-0.1, -0.05) is 32.4 Å². The minimum atomic E-state index is 0.657. The summed E-state index contributed by atoms with van der Waals surface area (Å²) >= 11 is 6.44. The number of hydrogen-bond donors (Lipinski definition) is 1. The fraction of sp³-hybridized carbons (Fsp3) is 0.688. The molecule has 3 nitrogen and oxygen atoms in total. The summed E-state index contributed by atoms with van der Waals surface area (Å²) in [6.07, 6.45) is 5.64. The van der Waals surface area contributed by atoms with E-state index in [0.29, 0.717) is 12.0 Å². The fourth-order valence-corrected chi connectivity index (χ4v) is 2.67. The third kappa shape index (κ3) is 4.35. The first-order valence-electron chi connectivity index (χ1n) is 7.73. The van der Waals surface area contributed by atoms with Crippen LogP contribution in [0.2, 0.25) is 5.02 Å².